The van der Waals surface area contributed by atoms with Gasteiger partial charge in [-0.15, -0.1) is 13.2 Å². The topological polar surface area (TPSA) is 79.3 Å². The zero-order chi connectivity index (χ0) is 25.0. The minimum absolute atomic E-state index is 0.0436. The van der Waals surface area contributed by atoms with Crippen LogP contribution in [0.4, 0.5) is 43.8 Å². The lowest BCUT2D eigenvalue weighted by atomic mass is 10.1. The standard InChI is InChI=1S/C22H20F6N4O2/c1-11(2)17(10-33)31-21-30-16(12-4-3-5-13(8-12)34-22(26,27)28)9-18(32-21)29-15-7-6-14(23)19(24)20(15)25/h3-9,11,17,33H,10H2,1-2H3,(H2,29,30,31,32)/t17-/m1/s1. The molecule has 1 atom stereocenters. The molecular formula is C22H20F6N4O2. The highest BCUT2D eigenvalue weighted by Gasteiger charge is 2.31. The molecule has 0 amide bonds. The number of alkyl halides is 3. The van der Waals surface area contributed by atoms with Crippen LogP contribution in [0.25, 0.3) is 11.3 Å². The largest absolute Gasteiger partial charge is 0.573 e. The molecule has 0 aliphatic carbocycles. The molecule has 0 radical (unpaired) electrons. The van der Waals surface area contributed by atoms with Gasteiger partial charge < -0.3 is 20.5 Å². The van der Waals surface area contributed by atoms with E-state index in [1.165, 1.54) is 18.2 Å². The van der Waals surface area contributed by atoms with Gasteiger partial charge in [0.1, 0.15) is 11.6 Å². The summed E-state index contributed by atoms with van der Waals surface area (Å²) in [4.78, 5) is 8.43. The summed E-state index contributed by atoms with van der Waals surface area (Å²) in [5.41, 5.74) is -0.117. The molecule has 6 nitrogen and oxygen atoms in total. The first-order valence-corrected chi connectivity index (χ1v) is 10.00. The molecule has 0 fully saturated rings. The van der Waals surface area contributed by atoms with Gasteiger partial charge in [0.05, 0.1) is 24.0 Å². The number of halogens is 6. The van der Waals surface area contributed by atoms with Crippen molar-refractivity contribution in [2.24, 2.45) is 5.92 Å². The van der Waals surface area contributed by atoms with Crippen molar-refractivity contribution in [3.63, 3.8) is 0 Å². The van der Waals surface area contributed by atoms with Crippen molar-refractivity contribution in [2.45, 2.75) is 26.3 Å². The van der Waals surface area contributed by atoms with Gasteiger partial charge >= 0.3 is 6.36 Å². The van der Waals surface area contributed by atoms with Gasteiger partial charge in [-0.1, -0.05) is 26.0 Å². The maximum atomic E-state index is 14.2. The SMILES string of the molecule is CC(C)[C@@H](CO)Nc1nc(Nc2ccc(F)c(F)c2F)cc(-c2cccc(OC(F)(F)F)c2)n1. The number of benzene rings is 2. The Hall–Kier alpha value is -3.54. The zero-order valence-corrected chi connectivity index (χ0v) is 17.9. The fourth-order valence-electron chi connectivity index (χ4n) is 2.93. The van der Waals surface area contributed by atoms with E-state index in [1.807, 2.05) is 13.8 Å². The number of aromatic nitrogens is 2. The van der Waals surface area contributed by atoms with Gasteiger partial charge in [-0.3, -0.25) is 0 Å². The number of rotatable bonds is 8. The predicted octanol–water partition coefficient (Wildman–Crippen LogP) is 5.63. The number of ether oxygens (including phenoxy) is 1. The lowest BCUT2D eigenvalue weighted by Crippen LogP contribution is -2.30. The Morgan fingerprint density at radius 2 is 1.74 bits per heavy atom. The van der Waals surface area contributed by atoms with Gasteiger partial charge in [-0.25, -0.2) is 18.2 Å². The molecule has 0 spiro atoms. The number of nitrogens with zero attached hydrogens (tertiary/aromatic N) is 2. The Morgan fingerprint density at radius 1 is 1.00 bits per heavy atom. The minimum Gasteiger partial charge on any atom is -0.406 e. The zero-order valence-electron chi connectivity index (χ0n) is 17.9. The Morgan fingerprint density at radius 3 is 2.38 bits per heavy atom. The molecule has 3 N–H and O–H groups in total. The minimum atomic E-state index is -4.90. The van der Waals surface area contributed by atoms with E-state index >= 15 is 0 Å². The maximum absolute atomic E-state index is 14.2. The van der Waals surface area contributed by atoms with Gasteiger partial charge in [0, 0.05) is 11.6 Å². The van der Waals surface area contributed by atoms with E-state index in [0.717, 1.165) is 24.3 Å². The van der Waals surface area contributed by atoms with E-state index in [0.29, 0.717) is 0 Å². The Bertz CT molecular complexity index is 1160. The highest BCUT2D eigenvalue weighted by molar-refractivity contribution is 5.68. The van der Waals surface area contributed by atoms with E-state index in [9.17, 15) is 31.4 Å². The lowest BCUT2D eigenvalue weighted by molar-refractivity contribution is -0.274. The third-order valence-corrected chi connectivity index (χ3v) is 4.70. The van der Waals surface area contributed by atoms with E-state index in [1.54, 1.807) is 0 Å². The van der Waals surface area contributed by atoms with Crippen LogP contribution in [0.15, 0.2) is 42.5 Å². The van der Waals surface area contributed by atoms with Gasteiger partial charge in [0.2, 0.25) is 5.95 Å². The van der Waals surface area contributed by atoms with Crippen molar-refractivity contribution < 1.29 is 36.2 Å². The number of aliphatic hydroxyl groups excluding tert-OH is 1. The summed E-state index contributed by atoms with van der Waals surface area (Å²) in [6, 6.07) is 7.46. The molecule has 0 unspecified atom stereocenters. The summed E-state index contributed by atoms with van der Waals surface area (Å²) in [6.45, 7) is 3.37. The third-order valence-electron chi connectivity index (χ3n) is 4.70. The molecule has 2 aromatic carbocycles. The molecule has 3 rings (SSSR count). The lowest BCUT2D eigenvalue weighted by Gasteiger charge is -2.21. The van der Waals surface area contributed by atoms with Crippen LogP contribution in [0.3, 0.4) is 0 Å². The molecule has 12 heteroatoms. The van der Waals surface area contributed by atoms with E-state index in [-0.39, 0.29) is 35.5 Å². The van der Waals surface area contributed by atoms with Crippen molar-refractivity contribution in [1.29, 1.82) is 0 Å². The van der Waals surface area contributed by atoms with Crippen molar-refractivity contribution in [3.8, 4) is 17.0 Å². The molecule has 1 heterocycles. The molecule has 1 aromatic heterocycles. The first-order valence-electron chi connectivity index (χ1n) is 10.00. The molecule has 0 bridgehead atoms. The molecule has 0 saturated carbocycles. The summed E-state index contributed by atoms with van der Waals surface area (Å²) >= 11 is 0. The summed E-state index contributed by atoms with van der Waals surface area (Å²) in [7, 11) is 0. The predicted molar refractivity (Wildman–Crippen MR) is 113 cm³/mol. The highest BCUT2D eigenvalue weighted by atomic mass is 19.4. The first kappa shape index (κ1) is 25.1. The molecule has 0 aliphatic heterocycles. The van der Waals surface area contributed by atoms with Crippen molar-refractivity contribution >= 4 is 17.5 Å². The van der Waals surface area contributed by atoms with Crippen LogP contribution in [0.5, 0.6) is 5.75 Å². The average molecular weight is 486 g/mol. The number of hydrogen-bond donors (Lipinski definition) is 3. The van der Waals surface area contributed by atoms with Crippen LogP contribution in [0.1, 0.15) is 13.8 Å². The number of anilines is 3. The van der Waals surface area contributed by atoms with Crippen LogP contribution in [-0.4, -0.2) is 34.1 Å². The Labute approximate surface area is 190 Å². The fraction of sp³-hybridized carbons (Fsp3) is 0.273. The monoisotopic (exact) mass is 486 g/mol. The van der Waals surface area contributed by atoms with Gasteiger partial charge in [-0.05, 0) is 30.2 Å². The van der Waals surface area contributed by atoms with Gasteiger partial charge in [0.15, 0.2) is 17.5 Å². The normalized spacial score (nSPS) is 12.5. The number of hydrogen-bond acceptors (Lipinski definition) is 6. The highest BCUT2D eigenvalue weighted by Crippen LogP contribution is 2.30. The van der Waals surface area contributed by atoms with Crippen LogP contribution in [0.2, 0.25) is 0 Å². The molecule has 34 heavy (non-hydrogen) atoms. The summed E-state index contributed by atoms with van der Waals surface area (Å²) in [5.74, 6) is -5.20. The molecular weight excluding hydrogens is 466 g/mol. The van der Waals surface area contributed by atoms with Gasteiger partial charge in [0.25, 0.3) is 0 Å². The summed E-state index contributed by atoms with van der Waals surface area (Å²) < 4.78 is 82.9. The average Bonchev–Trinajstić information content (AvgIpc) is 2.76. The van der Waals surface area contributed by atoms with Crippen LogP contribution >= 0.6 is 0 Å². The molecule has 0 saturated heterocycles. The summed E-state index contributed by atoms with van der Waals surface area (Å²) in [5, 5.41) is 15.0. The van der Waals surface area contributed by atoms with Crippen molar-refractivity contribution in [2.75, 3.05) is 17.2 Å². The second kappa shape index (κ2) is 10.2. The quantitative estimate of drug-likeness (QED) is 0.283. The molecule has 182 valence electrons. The second-order valence-electron chi connectivity index (χ2n) is 7.56. The van der Waals surface area contributed by atoms with E-state index < -0.39 is 41.3 Å². The van der Waals surface area contributed by atoms with Crippen LogP contribution in [-0.2, 0) is 0 Å². The van der Waals surface area contributed by atoms with Crippen LogP contribution < -0.4 is 15.4 Å². The van der Waals surface area contributed by atoms with Gasteiger partial charge in [-0.2, -0.15) is 4.98 Å². The van der Waals surface area contributed by atoms with Crippen molar-refractivity contribution in [1.82, 2.24) is 9.97 Å². The fourth-order valence-corrected chi connectivity index (χ4v) is 2.93. The maximum Gasteiger partial charge on any atom is 0.573 e. The first-order chi connectivity index (χ1) is 16.0. The van der Waals surface area contributed by atoms with E-state index in [2.05, 4.69) is 25.3 Å². The number of nitrogens with one attached hydrogen (secondary N) is 2. The smallest absolute Gasteiger partial charge is 0.406 e. The molecule has 0 aliphatic rings. The third kappa shape index (κ3) is 6.28. The van der Waals surface area contributed by atoms with E-state index in [4.69, 9.17) is 0 Å². The second-order valence-corrected chi connectivity index (χ2v) is 7.56. The number of aliphatic hydroxyl groups is 1. The van der Waals surface area contributed by atoms with Crippen LogP contribution in [0, 0.1) is 23.4 Å². The summed E-state index contributed by atoms with van der Waals surface area (Å²) in [6.07, 6.45) is -4.90. The van der Waals surface area contributed by atoms with Crippen molar-refractivity contribution in [3.05, 3.63) is 59.9 Å². The Kier molecular flexibility index (Phi) is 7.50. The molecule has 3 aromatic rings. The Balaban J connectivity index is 2.05.